The largest absolute Gasteiger partial charge is 0.483 e. The van der Waals surface area contributed by atoms with Crippen molar-refractivity contribution in [3.8, 4) is 5.75 Å². The third-order valence-corrected chi connectivity index (χ3v) is 8.09. The molecule has 0 saturated carbocycles. The van der Waals surface area contributed by atoms with Gasteiger partial charge in [-0.2, -0.15) is 11.8 Å². The van der Waals surface area contributed by atoms with Crippen LogP contribution in [0, 0.1) is 0 Å². The third kappa shape index (κ3) is 4.58. The second-order valence-corrected chi connectivity index (χ2v) is 10.7. The Morgan fingerprint density at radius 1 is 1.09 bits per heavy atom. The van der Waals surface area contributed by atoms with Crippen molar-refractivity contribution in [3.63, 3.8) is 0 Å². The molecular weight excluding hydrogens is 456 g/mol. The van der Waals surface area contributed by atoms with Gasteiger partial charge in [0.2, 0.25) is 0 Å². The summed E-state index contributed by atoms with van der Waals surface area (Å²) in [7, 11) is 0. The van der Waals surface area contributed by atoms with Crippen LogP contribution in [0.15, 0.2) is 67.0 Å². The van der Waals surface area contributed by atoms with Gasteiger partial charge in [-0.25, -0.2) is 0 Å². The second kappa shape index (κ2) is 9.47. The summed E-state index contributed by atoms with van der Waals surface area (Å²) < 4.78 is 6.77. The summed E-state index contributed by atoms with van der Waals surface area (Å²) in [6, 6.07) is 18.7. The molecule has 0 unspecified atom stereocenters. The van der Waals surface area contributed by atoms with E-state index in [-0.39, 0.29) is 12.2 Å². The maximum atomic E-state index is 9.41. The number of aromatic amines is 1. The monoisotopic (exact) mass is 486 g/mol. The Morgan fingerprint density at radius 3 is 2.83 bits per heavy atom. The molecule has 7 heteroatoms. The lowest BCUT2D eigenvalue weighted by Crippen LogP contribution is -2.53. The van der Waals surface area contributed by atoms with Crippen molar-refractivity contribution in [2.45, 2.75) is 31.5 Å². The molecule has 0 amide bonds. The van der Waals surface area contributed by atoms with Crippen LogP contribution in [-0.2, 0) is 13.0 Å². The van der Waals surface area contributed by atoms with Gasteiger partial charge in [0.25, 0.3) is 0 Å². The zero-order chi connectivity index (χ0) is 23.7. The van der Waals surface area contributed by atoms with E-state index in [2.05, 4.69) is 68.8 Å². The van der Waals surface area contributed by atoms with Gasteiger partial charge in [-0.3, -0.25) is 4.98 Å². The van der Waals surface area contributed by atoms with Crippen molar-refractivity contribution in [1.29, 1.82) is 0 Å². The first-order valence-electron chi connectivity index (χ1n) is 12.2. The number of nitrogens with zero attached hydrogens (tertiary/aromatic N) is 2. The smallest absolute Gasteiger partial charge is 0.145 e. The predicted octanol–water partition coefficient (Wildman–Crippen LogP) is 5.51. The molecule has 0 aliphatic carbocycles. The summed E-state index contributed by atoms with van der Waals surface area (Å²) in [5.74, 6) is 3.23. The Balaban J connectivity index is 1.28. The predicted molar refractivity (Wildman–Crippen MR) is 144 cm³/mol. The molecule has 2 aromatic heterocycles. The standard InChI is InChI=1S/C28H30N4O2S/c33-18-23-15-22(7-11-29-23)31-21-5-6-26-27(16-21)34-28(9-13-35-14-10-28)19-32(26)12-8-20-17-30-25-4-2-1-3-24(20)25/h1-7,11,15-17,30,33H,8-10,12-14,18-19H2,(H,29,31). The molecule has 1 fully saturated rings. The summed E-state index contributed by atoms with van der Waals surface area (Å²) in [6.45, 7) is 1.80. The number of thioether (sulfide) groups is 1. The molecule has 180 valence electrons. The third-order valence-electron chi connectivity index (χ3n) is 7.10. The van der Waals surface area contributed by atoms with Crippen LogP contribution < -0.4 is 15.0 Å². The number of anilines is 3. The minimum atomic E-state index is -0.127. The Bertz CT molecular complexity index is 1330. The van der Waals surface area contributed by atoms with Crippen LogP contribution in [0.4, 0.5) is 17.1 Å². The van der Waals surface area contributed by atoms with Crippen molar-refractivity contribution in [2.75, 3.05) is 34.8 Å². The highest BCUT2D eigenvalue weighted by atomic mass is 32.2. The number of H-pyrrole nitrogens is 1. The van der Waals surface area contributed by atoms with Crippen LogP contribution in [0.25, 0.3) is 10.9 Å². The summed E-state index contributed by atoms with van der Waals surface area (Å²) >= 11 is 2.02. The van der Waals surface area contributed by atoms with Crippen molar-refractivity contribution in [2.24, 2.45) is 0 Å². The van der Waals surface area contributed by atoms with Gasteiger partial charge < -0.3 is 25.0 Å². The first kappa shape index (κ1) is 22.3. The fourth-order valence-electron chi connectivity index (χ4n) is 5.24. The average Bonchev–Trinajstić information content (AvgIpc) is 3.31. The Hall–Kier alpha value is -3.16. The van der Waals surface area contributed by atoms with E-state index in [1.165, 1.54) is 16.5 Å². The van der Waals surface area contributed by atoms with Crippen molar-refractivity contribution in [3.05, 3.63) is 78.2 Å². The Morgan fingerprint density at radius 2 is 1.94 bits per heavy atom. The van der Waals surface area contributed by atoms with Crippen molar-refractivity contribution >= 4 is 39.7 Å². The summed E-state index contributed by atoms with van der Waals surface area (Å²) in [6.07, 6.45) is 6.99. The number of benzene rings is 2. The van der Waals surface area contributed by atoms with Gasteiger partial charge in [0, 0.05) is 47.3 Å². The zero-order valence-electron chi connectivity index (χ0n) is 19.7. The van der Waals surface area contributed by atoms with Gasteiger partial charge >= 0.3 is 0 Å². The minimum absolute atomic E-state index is 0.0747. The number of aliphatic hydroxyl groups excluding tert-OH is 1. The normalized spacial score (nSPS) is 16.8. The first-order valence-corrected chi connectivity index (χ1v) is 13.4. The topological polar surface area (TPSA) is 73.4 Å². The quantitative estimate of drug-likeness (QED) is 0.334. The molecule has 1 saturated heterocycles. The van der Waals surface area contributed by atoms with E-state index in [0.717, 1.165) is 66.7 Å². The SMILES string of the molecule is OCc1cc(Nc2ccc3c(c2)OC2(CCSCC2)CN3CCc2c[nH]c3ccccc23)ccn1. The molecule has 0 bridgehead atoms. The number of rotatable bonds is 6. The number of para-hydroxylation sites is 1. The van der Waals surface area contributed by atoms with Gasteiger partial charge in [0.15, 0.2) is 0 Å². The number of ether oxygens (including phenoxy) is 1. The highest BCUT2D eigenvalue weighted by molar-refractivity contribution is 7.99. The van der Waals surface area contributed by atoms with E-state index in [4.69, 9.17) is 4.74 Å². The first-order chi connectivity index (χ1) is 17.2. The minimum Gasteiger partial charge on any atom is -0.483 e. The van der Waals surface area contributed by atoms with Crippen LogP contribution in [-0.4, -0.2) is 45.3 Å². The van der Waals surface area contributed by atoms with E-state index in [1.54, 1.807) is 6.20 Å². The number of fused-ring (bicyclic) bond motifs is 2. The van der Waals surface area contributed by atoms with E-state index >= 15 is 0 Å². The van der Waals surface area contributed by atoms with Crippen molar-refractivity contribution < 1.29 is 9.84 Å². The molecular formula is C28H30N4O2S. The summed E-state index contributed by atoms with van der Waals surface area (Å²) in [4.78, 5) is 10.1. The summed E-state index contributed by atoms with van der Waals surface area (Å²) in [5.41, 5.74) is 6.10. The van der Waals surface area contributed by atoms with Gasteiger partial charge in [-0.05, 0) is 66.7 Å². The lowest BCUT2D eigenvalue weighted by Gasteiger charge is -2.46. The molecule has 6 rings (SSSR count). The molecule has 1 spiro atoms. The molecule has 35 heavy (non-hydrogen) atoms. The van der Waals surface area contributed by atoms with E-state index < -0.39 is 0 Å². The van der Waals surface area contributed by atoms with Gasteiger partial charge in [-0.1, -0.05) is 18.2 Å². The van der Waals surface area contributed by atoms with Crippen LogP contribution >= 0.6 is 11.8 Å². The number of hydrogen-bond donors (Lipinski definition) is 3. The number of pyridine rings is 1. The van der Waals surface area contributed by atoms with Crippen LogP contribution in [0.5, 0.6) is 5.75 Å². The lowest BCUT2D eigenvalue weighted by atomic mass is 9.93. The molecule has 2 aromatic carbocycles. The maximum absolute atomic E-state index is 9.41. The van der Waals surface area contributed by atoms with Crippen LogP contribution in [0.3, 0.4) is 0 Å². The Labute approximate surface area is 209 Å². The van der Waals surface area contributed by atoms with E-state index in [9.17, 15) is 5.11 Å². The molecule has 4 heterocycles. The molecule has 2 aliphatic heterocycles. The number of hydrogen-bond acceptors (Lipinski definition) is 6. The van der Waals surface area contributed by atoms with Gasteiger partial charge in [0.1, 0.15) is 11.4 Å². The maximum Gasteiger partial charge on any atom is 0.145 e. The highest BCUT2D eigenvalue weighted by Crippen LogP contribution is 2.44. The van der Waals surface area contributed by atoms with E-state index in [0.29, 0.717) is 5.69 Å². The molecule has 3 N–H and O–H groups in total. The fourth-order valence-corrected chi connectivity index (χ4v) is 6.48. The molecule has 0 radical (unpaired) electrons. The lowest BCUT2D eigenvalue weighted by molar-refractivity contribution is 0.0573. The molecule has 0 atom stereocenters. The number of nitrogens with one attached hydrogen (secondary N) is 2. The highest BCUT2D eigenvalue weighted by Gasteiger charge is 2.41. The average molecular weight is 487 g/mol. The Kier molecular flexibility index (Phi) is 6.04. The fraction of sp³-hybridized carbons (Fsp3) is 0.321. The van der Waals surface area contributed by atoms with Gasteiger partial charge in [-0.15, -0.1) is 0 Å². The molecule has 6 nitrogen and oxygen atoms in total. The van der Waals surface area contributed by atoms with E-state index in [1.807, 2.05) is 23.9 Å². The molecule has 4 aromatic rings. The van der Waals surface area contributed by atoms with Gasteiger partial charge in [0.05, 0.1) is 24.5 Å². The number of aliphatic hydroxyl groups is 1. The number of aromatic nitrogens is 2. The van der Waals surface area contributed by atoms with Crippen LogP contribution in [0.1, 0.15) is 24.1 Å². The van der Waals surface area contributed by atoms with Crippen molar-refractivity contribution in [1.82, 2.24) is 9.97 Å². The van der Waals surface area contributed by atoms with Crippen LogP contribution in [0.2, 0.25) is 0 Å². The second-order valence-electron chi connectivity index (χ2n) is 9.43. The summed E-state index contributed by atoms with van der Waals surface area (Å²) in [5, 5.41) is 14.2. The molecule has 2 aliphatic rings. The zero-order valence-corrected chi connectivity index (χ0v) is 20.5.